The largest absolute Gasteiger partial charge is 0.468 e. The lowest BCUT2D eigenvalue weighted by atomic mass is 10.2. The lowest BCUT2D eigenvalue weighted by Crippen LogP contribution is -2.24. The van der Waals surface area contributed by atoms with Crippen molar-refractivity contribution < 1.29 is 8.83 Å². The molecule has 4 heteroatoms. The first kappa shape index (κ1) is 12.5. The van der Waals surface area contributed by atoms with Crippen LogP contribution in [0.4, 0.5) is 0 Å². The topological polar surface area (TPSA) is 55.5 Å². The number of hydrogen-bond acceptors (Lipinski definition) is 4. The highest BCUT2D eigenvalue weighted by molar-refractivity contribution is 5.21. The summed E-state index contributed by atoms with van der Waals surface area (Å²) in [6.45, 7) is 4.23. The van der Waals surface area contributed by atoms with Gasteiger partial charge in [-0.1, -0.05) is 0 Å². The Morgan fingerprint density at radius 3 is 2.74 bits per heavy atom. The standard InChI is InChI=1S/C15H20N2O2/c1-11-12(7-15(8-16)19-11)9-17(13-4-5-13)10-14-3-2-6-18-14/h2-3,6-7,13H,4-5,8-10,16H2,1H3. The van der Waals surface area contributed by atoms with E-state index in [0.717, 1.165) is 30.4 Å². The zero-order chi connectivity index (χ0) is 13.2. The van der Waals surface area contributed by atoms with Gasteiger partial charge in [0.05, 0.1) is 19.4 Å². The fraction of sp³-hybridized carbons (Fsp3) is 0.467. The molecular formula is C15H20N2O2. The zero-order valence-corrected chi connectivity index (χ0v) is 11.3. The molecule has 0 bridgehead atoms. The molecule has 0 unspecified atom stereocenters. The highest BCUT2D eigenvalue weighted by atomic mass is 16.3. The van der Waals surface area contributed by atoms with Crippen molar-refractivity contribution >= 4 is 0 Å². The number of rotatable bonds is 6. The maximum absolute atomic E-state index is 5.62. The van der Waals surface area contributed by atoms with Crippen molar-refractivity contribution in [3.8, 4) is 0 Å². The van der Waals surface area contributed by atoms with Gasteiger partial charge in [0, 0.05) is 18.2 Å². The van der Waals surface area contributed by atoms with Crippen molar-refractivity contribution in [1.29, 1.82) is 0 Å². The van der Waals surface area contributed by atoms with Gasteiger partial charge in [-0.2, -0.15) is 0 Å². The highest BCUT2D eigenvalue weighted by Crippen LogP contribution is 2.31. The number of aryl methyl sites for hydroxylation is 1. The van der Waals surface area contributed by atoms with Crippen LogP contribution in [0.15, 0.2) is 33.3 Å². The summed E-state index contributed by atoms with van der Waals surface area (Å²) < 4.78 is 11.1. The molecular weight excluding hydrogens is 240 g/mol. The van der Waals surface area contributed by atoms with Crippen molar-refractivity contribution in [1.82, 2.24) is 4.90 Å². The summed E-state index contributed by atoms with van der Waals surface area (Å²) >= 11 is 0. The van der Waals surface area contributed by atoms with Gasteiger partial charge in [-0.3, -0.25) is 4.90 Å². The van der Waals surface area contributed by atoms with Crippen LogP contribution in [0.2, 0.25) is 0 Å². The third-order valence-electron chi connectivity index (χ3n) is 3.65. The van der Waals surface area contributed by atoms with Gasteiger partial charge < -0.3 is 14.6 Å². The minimum atomic E-state index is 0.461. The number of hydrogen-bond donors (Lipinski definition) is 1. The van der Waals surface area contributed by atoms with Gasteiger partial charge in [-0.05, 0) is 38.0 Å². The van der Waals surface area contributed by atoms with Crippen LogP contribution in [0.5, 0.6) is 0 Å². The van der Waals surface area contributed by atoms with Gasteiger partial charge in [-0.15, -0.1) is 0 Å². The Kier molecular flexibility index (Phi) is 3.44. The molecule has 0 atom stereocenters. The molecule has 0 spiro atoms. The predicted octanol–water partition coefficient (Wildman–Crippen LogP) is 2.80. The molecule has 1 aliphatic carbocycles. The molecule has 0 radical (unpaired) electrons. The Labute approximate surface area is 113 Å². The first-order valence-electron chi connectivity index (χ1n) is 6.81. The maximum Gasteiger partial charge on any atom is 0.118 e. The van der Waals surface area contributed by atoms with E-state index in [-0.39, 0.29) is 0 Å². The average molecular weight is 260 g/mol. The SMILES string of the molecule is Cc1oc(CN)cc1CN(Cc1ccco1)C1CC1. The minimum Gasteiger partial charge on any atom is -0.468 e. The van der Waals surface area contributed by atoms with Gasteiger partial charge in [0.15, 0.2) is 0 Å². The first-order chi connectivity index (χ1) is 9.26. The molecule has 2 aromatic rings. The van der Waals surface area contributed by atoms with E-state index >= 15 is 0 Å². The molecule has 0 saturated heterocycles. The summed E-state index contributed by atoms with van der Waals surface area (Å²) in [5, 5.41) is 0. The van der Waals surface area contributed by atoms with E-state index in [2.05, 4.69) is 11.0 Å². The Bertz CT molecular complexity index is 526. The van der Waals surface area contributed by atoms with Crippen LogP contribution < -0.4 is 5.73 Å². The van der Waals surface area contributed by atoms with Gasteiger partial charge >= 0.3 is 0 Å². The number of nitrogens with two attached hydrogens (primary N) is 1. The summed E-state index contributed by atoms with van der Waals surface area (Å²) in [7, 11) is 0. The molecule has 0 aliphatic heterocycles. The van der Waals surface area contributed by atoms with Crippen LogP contribution in [-0.4, -0.2) is 10.9 Å². The van der Waals surface area contributed by atoms with Gasteiger partial charge in [-0.25, -0.2) is 0 Å². The van der Waals surface area contributed by atoms with Crippen molar-refractivity contribution in [3.05, 3.63) is 47.3 Å². The van der Waals surface area contributed by atoms with Crippen molar-refractivity contribution in [2.45, 2.75) is 45.4 Å². The second kappa shape index (κ2) is 5.23. The predicted molar refractivity (Wildman–Crippen MR) is 72.3 cm³/mol. The second-order valence-electron chi connectivity index (χ2n) is 5.21. The molecule has 19 heavy (non-hydrogen) atoms. The molecule has 2 heterocycles. The Morgan fingerprint density at radius 2 is 2.16 bits per heavy atom. The van der Waals surface area contributed by atoms with E-state index in [9.17, 15) is 0 Å². The van der Waals surface area contributed by atoms with E-state index in [0.29, 0.717) is 12.6 Å². The Morgan fingerprint density at radius 1 is 1.32 bits per heavy atom. The molecule has 1 aliphatic rings. The summed E-state index contributed by atoms with van der Waals surface area (Å²) in [5.41, 5.74) is 6.86. The number of nitrogens with zero attached hydrogens (tertiary/aromatic N) is 1. The molecule has 4 nitrogen and oxygen atoms in total. The fourth-order valence-corrected chi connectivity index (χ4v) is 2.42. The van der Waals surface area contributed by atoms with E-state index in [4.69, 9.17) is 14.6 Å². The molecule has 2 N–H and O–H groups in total. The van der Waals surface area contributed by atoms with Gasteiger partial charge in [0.1, 0.15) is 17.3 Å². The third kappa shape index (κ3) is 2.91. The average Bonchev–Trinajstić information content (AvgIpc) is 3.02. The Hall–Kier alpha value is -1.52. The monoisotopic (exact) mass is 260 g/mol. The lowest BCUT2D eigenvalue weighted by Gasteiger charge is -2.20. The van der Waals surface area contributed by atoms with E-state index in [1.54, 1.807) is 6.26 Å². The molecule has 1 saturated carbocycles. The van der Waals surface area contributed by atoms with Gasteiger partial charge in [0.2, 0.25) is 0 Å². The molecule has 0 aromatic carbocycles. The normalized spacial score (nSPS) is 15.3. The van der Waals surface area contributed by atoms with Crippen molar-refractivity contribution in [2.75, 3.05) is 0 Å². The van der Waals surface area contributed by atoms with E-state index in [1.165, 1.54) is 18.4 Å². The van der Waals surface area contributed by atoms with Crippen LogP contribution >= 0.6 is 0 Å². The maximum atomic E-state index is 5.62. The quantitative estimate of drug-likeness (QED) is 0.867. The van der Waals surface area contributed by atoms with Crippen LogP contribution in [0.3, 0.4) is 0 Å². The lowest BCUT2D eigenvalue weighted by molar-refractivity contribution is 0.224. The van der Waals surface area contributed by atoms with E-state index < -0.39 is 0 Å². The van der Waals surface area contributed by atoms with Crippen LogP contribution in [-0.2, 0) is 19.6 Å². The second-order valence-corrected chi connectivity index (χ2v) is 5.21. The highest BCUT2D eigenvalue weighted by Gasteiger charge is 2.30. The first-order valence-corrected chi connectivity index (χ1v) is 6.81. The molecule has 1 fully saturated rings. The molecule has 2 aromatic heterocycles. The molecule has 3 rings (SSSR count). The third-order valence-corrected chi connectivity index (χ3v) is 3.65. The smallest absolute Gasteiger partial charge is 0.118 e. The molecule has 0 amide bonds. The summed E-state index contributed by atoms with van der Waals surface area (Å²) in [5.74, 6) is 2.86. The summed E-state index contributed by atoms with van der Waals surface area (Å²) in [6.07, 6.45) is 4.29. The van der Waals surface area contributed by atoms with Crippen LogP contribution in [0.25, 0.3) is 0 Å². The summed E-state index contributed by atoms with van der Waals surface area (Å²) in [4.78, 5) is 2.46. The molecule has 102 valence electrons. The van der Waals surface area contributed by atoms with Crippen LogP contribution in [0, 0.1) is 6.92 Å². The van der Waals surface area contributed by atoms with Crippen LogP contribution in [0.1, 0.15) is 35.7 Å². The van der Waals surface area contributed by atoms with Gasteiger partial charge in [0.25, 0.3) is 0 Å². The fourth-order valence-electron chi connectivity index (χ4n) is 2.42. The number of furan rings is 2. The zero-order valence-electron chi connectivity index (χ0n) is 11.3. The van der Waals surface area contributed by atoms with Crippen molar-refractivity contribution in [2.24, 2.45) is 5.73 Å². The summed E-state index contributed by atoms with van der Waals surface area (Å²) in [6, 6.07) is 6.73. The van der Waals surface area contributed by atoms with Crippen molar-refractivity contribution in [3.63, 3.8) is 0 Å². The Balaban J connectivity index is 1.72. The van der Waals surface area contributed by atoms with E-state index in [1.807, 2.05) is 19.1 Å². The minimum absolute atomic E-state index is 0.461.